The molecule has 1 aromatic carbocycles. The molecule has 2 N–H and O–H groups in total. The summed E-state index contributed by atoms with van der Waals surface area (Å²) >= 11 is 0. The number of ketones is 1. The van der Waals surface area contributed by atoms with Crippen LogP contribution in [0.3, 0.4) is 0 Å². The Morgan fingerprint density at radius 2 is 2.00 bits per heavy atom. The molecular formula is C22H26N4O3. The van der Waals surface area contributed by atoms with Gasteiger partial charge in [0.2, 0.25) is 0 Å². The van der Waals surface area contributed by atoms with Gasteiger partial charge in [0, 0.05) is 35.7 Å². The molecule has 1 amide bonds. The van der Waals surface area contributed by atoms with Crippen molar-refractivity contribution in [2.75, 3.05) is 26.2 Å². The third-order valence-electron chi connectivity index (χ3n) is 5.50. The minimum atomic E-state index is -1.01. The Kier molecular flexibility index (Phi) is 6.35. The molecule has 7 nitrogen and oxygen atoms in total. The molecule has 0 radical (unpaired) electrons. The largest absolute Gasteiger partial charge is 0.465 e. The summed E-state index contributed by atoms with van der Waals surface area (Å²) in [5.41, 5.74) is 4.09. The van der Waals surface area contributed by atoms with E-state index < -0.39 is 6.09 Å². The average Bonchev–Trinajstić information content (AvgIpc) is 3.01. The van der Waals surface area contributed by atoms with Crippen LogP contribution in [0.15, 0.2) is 30.3 Å². The number of piperidine rings is 1. The molecule has 1 aliphatic heterocycles. The lowest BCUT2D eigenvalue weighted by molar-refractivity contribution is 0.0883. The van der Waals surface area contributed by atoms with Gasteiger partial charge in [-0.2, -0.15) is 5.26 Å². The zero-order valence-corrected chi connectivity index (χ0v) is 16.8. The van der Waals surface area contributed by atoms with Gasteiger partial charge in [-0.3, -0.25) is 9.69 Å². The van der Waals surface area contributed by atoms with Crippen molar-refractivity contribution in [3.05, 3.63) is 52.8 Å². The van der Waals surface area contributed by atoms with Gasteiger partial charge in [0.05, 0.1) is 18.2 Å². The Morgan fingerprint density at radius 3 is 2.66 bits per heavy atom. The first-order valence-electron chi connectivity index (χ1n) is 9.81. The molecule has 2 aromatic rings. The molecule has 3 rings (SSSR count). The summed E-state index contributed by atoms with van der Waals surface area (Å²) in [6, 6.07) is 11.4. The molecule has 0 saturated carbocycles. The van der Waals surface area contributed by atoms with E-state index in [2.05, 4.69) is 16.3 Å². The Labute approximate surface area is 170 Å². The van der Waals surface area contributed by atoms with Crippen molar-refractivity contribution in [3.8, 4) is 11.8 Å². The number of nitrogens with zero attached hydrogens (tertiary/aromatic N) is 3. The van der Waals surface area contributed by atoms with Crippen molar-refractivity contribution in [3.63, 3.8) is 0 Å². The van der Waals surface area contributed by atoms with Crippen molar-refractivity contribution in [2.45, 2.75) is 26.7 Å². The van der Waals surface area contributed by atoms with Crippen molar-refractivity contribution >= 4 is 11.9 Å². The highest BCUT2D eigenvalue weighted by Crippen LogP contribution is 2.23. The number of carboxylic acid groups (broad SMARTS) is 1. The zero-order valence-electron chi connectivity index (χ0n) is 16.8. The predicted octanol–water partition coefficient (Wildman–Crippen LogP) is 3.13. The minimum absolute atomic E-state index is 0.0739. The van der Waals surface area contributed by atoms with Crippen LogP contribution in [-0.2, 0) is 0 Å². The summed E-state index contributed by atoms with van der Waals surface area (Å²) in [6.45, 7) is 6.24. The second-order valence-electron chi connectivity index (χ2n) is 7.63. The number of aromatic nitrogens is 1. The van der Waals surface area contributed by atoms with Crippen molar-refractivity contribution < 1.29 is 14.7 Å². The Bertz CT molecular complexity index is 940. The molecular weight excluding hydrogens is 368 g/mol. The van der Waals surface area contributed by atoms with Gasteiger partial charge < -0.3 is 15.0 Å². The van der Waals surface area contributed by atoms with Gasteiger partial charge in [-0.05, 0) is 69.5 Å². The van der Waals surface area contributed by atoms with Gasteiger partial charge in [-0.15, -0.1) is 0 Å². The van der Waals surface area contributed by atoms with Crippen molar-refractivity contribution in [1.29, 1.82) is 5.26 Å². The minimum Gasteiger partial charge on any atom is -0.465 e. The van der Waals surface area contributed by atoms with Gasteiger partial charge in [0.25, 0.3) is 0 Å². The second-order valence-corrected chi connectivity index (χ2v) is 7.63. The molecule has 29 heavy (non-hydrogen) atoms. The monoisotopic (exact) mass is 394 g/mol. The number of hydrogen-bond acceptors (Lipinski definition) is 4. The molecule has 1 fully saturated rings. The van der Waals surface area contributed by atoms with Gasteiger partial charge in [-0.1, -0.05) is 0 Å². The number of carbonyl (C=O) groups is 2. The molecule has 1 atom stereocenters. The number of nitriles is 1. The lowest BCUT2D eigenvalue weighted by Crippen LogP contribution is -2.42. The Morgan fingerprint density at radius 1 is 1.28 bits per heavy atom. The number of benzene rings is 1. The molecule has 1 aliphatic rings. The average molecular weight is 394 g/mol. The highest BCUT2D eigenvalue weighted by Gasteiger charge is 2.24. The van der Waals surface area contributed by atoms with E-state index in [1.165, 1.54) is 0 Å². The quantitative estimate of drug-likeness (QED) is 0.734. The zero-order chi connectivity index (χ0) is 21.0. The molecule has 1 saturated heterocycles. The van der Waals surface area contributed by atoms with E-state index in [0.717, 1.165) is 43.0 Å². The Hall–Kier alpha value is -3.11. The van der Waals surface area contributed by atoms with Crippen LogP contribution in [0, 0.1) is 31.1 Å². The van der Waals surface area contributed by atoms with E-state index in [-0.39, 0.29) is 11.7 Å². The highest BCUT2D eigenvalue weighted by molar-refractivity contribution is 5.99. The standard InChI is InChI=1S/C22H26N4O3/c1-15-10-20(16(2)26(15)19-7-5-17(11-23)6-8-19)21(27)14-25-9-3-4-18(13-25)12-24-22(28)29/h5-8,10,18,24H,3-4,9,12-14H2,1-2H3,(H,28,29). The van der Waals surface area contributed by atoms with Crippen LogP contribution in [0.4, 0.5) is 4.79 Å². The van der Waals surface area contributed by atoms with E-state index in [9.17, 15) is 9.59 Å². The van der Waals surface area contributed by atoms with Gasteiger partial charge >= 0.3 is 6.09 Å². The number of likely N-dealkylation sites (tertiary alicyclic amines) is 1. The number of carbonyl (C=O) groups excluding carboxylic acids is 1. The van der Waals surface area contributed by atoms with Crippen molar-refractivity contribution in [2.24, 2.45) is 5.92 Å². The number of rotatable bonds is 6. The van der Waals surface area contributed by atoms with Crippen molar-refractivity contribution in [1.82, 2.24) is 14.8 Å². The van der Waals surface area contributed by atoms with E-state index >= 15 is 0 Å². The van der Waals surface area contributed by atoms with Gasteiger partial charge in [0.1, 0.15) is 0 Å². The molecule has 1 aromatic heterocycles. The number of amides is 1. The van der Waals surface area contributed by atoms with Crippen LogP contribution >= 0.6 is 0 Å². The van der Waals surface area contributed by atoms with Gasteiger partial charge in [-0.25, -0.2) is 4.79 Å². The number of Topliss-reactive ketones (excluding diaryl/α,β-unsaturated/α-hetero) is 1. The SMILES string of the molecule is Cc1cc(C(=O)CN2CCCC(CNC(=O)O)C2)c(C)n1-c1ccc(C#N)cc1. The number of aryl methyl sites for hydroxylation is 1. The first-order chi connectivity index (χ1) is 13.9. The molecule has 2 heterocycles. The Balaban J connectivity index is 1.71. The normalized spacial score (nSPS) is 16.9. The van der Waals surface area contributed by atoms with Crippen LogP contribution in [-0.4, -0.2) is 52.6 Å². The fraction of sp³-hybridized carbons (Fsp3) is 0.409. The third kappa shape index (κ3) is 4.84. The lowest BCUT2D eigenvalue weighted by Gasteiger charge is -2.32. The van der Waals surface area contributed by atoms with Crippen LogP contribution in [0.25, 0.3) is 5.69 Å². The van der Waals surface area contributed by atoms with E-state index in [1.807, 2.05) is 36.6 Å². The maximum Gasteiger partial charge on any atom is 0.404 e. The summed E-state index contributed by atoms with van der Waals surface area (Å²) in [7, 11) is 0. The fourth-order valence-electron chi connectivity index (χ4n) is 4.11. The summed E-state index contributed by atoms with van der Waals surface area (Å²) in [5.74, 6) is 0.309. The first-order valence-corrected chi connectivity index (χ1v) is 9.81. The number of hydrogen-bond donors (Lipinski definition) is 2. The van der Waals surface area contributed by atoms with Crippen LogP contribution < -0.4 is 5.32 Å². The molecule has 7 heteroatoms. The molecule has 152 valence electrons. The predicted molar refractivity (Wildman–Crippen MR) is 109 cm³/mol. The maximum atomic E-state index is 13.0. The molecule has 0 bridgehead atoms. The summed E-state index contributed by atoms with van der Waals surface area (Å²) in [4.78, 5) is 25.8. The molecule has 0 aliphatic carbocycles. The van der Waals surface area contributed by atoms with E-state index in [4.69, 9.17) is 10.4 Å². The topological polar surface area (TPSA) is 98.4 Å². The summed E-state index contributed by atoms with van der Waals surface area (Å²) in [5, 5.41) is 20.2. The lowest BCUT2D eigenvalue weighted by atomic mass is 9.97. The highest BCUT2D eigenvalue weighted by atomic mass is 16.4. The molecule has 0 spiro atoms. The summed E-state index contributed by atoms with van der Waals surface area (Å²) < 4.78 is 2.03. The third-order valence-corrected chi connectivity index (χ3v) is 5.50. The molecule has 1 unspecified atom stereocenters. The van der Waals surface area contributed by atoms with E-state index in [0.29, 0.717) is 24.2 Å². The second kappa shape index (κ2) is 8.93. The fourth-order valence-corrected chi connectivity index (χ4v) is 4.11. The summed E-state index contributed by atoms with van der Waals surface area (Å²) in [6.07, 6.45) is 0.926. The van der Waals surface area contributed by atoms with Gasteiger partial charge in [0.15, 0.2) is 5.78 Å². The number of nitrogens with one attached hydrogen (secondary N) is 1. The van der Waals surface area contributed by atoms with Crippen LogP contribution in [0.2, 0.25) is 0 Å². The van der Waals surface area contributed by atoms with E-state index in [1.54, 1.807) is 12.1 Å². The maximum absolute atomic E-state index is 13.0. The smallest absolute Gasteiger partial charge is 0.404 e. The van der Waals surface area contributed by atoms with Crippen LogP contribution in [0.5, 0.6) is 0 Å². The first kappa shape index (κ1) is 20.6. The van der Waals surface area contributed by atoms with Crippen LogP contribution in [0.1, 0.15) is 40.2 Å².